The Morgan fingerprint density at radius 1 is 1.25 bits per heavy atom. The smallest absolute Gasteiger partial charge is 0.407 e. The second kappa shape index (κ2) is 7.07. The Morgan fingerprint density at radius 3 is 2.64 bits per heavy atom. The second-order valence-corrected chi connectivity index (χ2v) is 8.93. The van der Waals surface area contributed by atoms with Gasteiger partial charge in [0.15, 0.2) is 11.3 Å². The summed E-state index contributed by atoms with van der Waals surface area (Å²) in [6.45, 7) is 6.49. The van der Waals surface area contributed by atoms with Crippen LogP contribution in [-0.4, -0.2) is 52.7 Å². The summed E-state index contributed by atoms with van der Waals surface area (Å²) in [5.41, 5.74) is 2.26. The molecule has 4 rings (SSSR count). The standard InChI is InChI=1S/C20H28N6O2/c1-20(2,3)25(19(27)28)12-14-6-4-13(5-7-14)10-16-23-24-17-11-22-18-15(26(16)17)8-9-21-18/h8-9,11,13-14,21H,4-7,10,12H2,1-3H3,(H,27,28). The molecule has 0 radical (unpaired) electrons. The van der Waals surface area contributed by atoms with Crippen LogP contribution in [0.25, 0.3) is 16.8 Å². The van der Waals surface area contributed by atoms with Gasteiger partial charge in [0.25, 0.3) is 0 Å². The van der Waals surface area contributed by atoms with Crippen molar-refractivity contribution in [2.24, 2.45) is 11.8 Å². The van der Waals surface area contributed by atoms with Crippen molar-refractivity contribution in [1.29, 1.82) is 0 Å². The topological polar surface area (TPSA) is 99.4 Å². The van der Waals surface area contributed by atoms with E-state index >= 15 is 0 Å². The lowest BCUT2D eigenvalue weighted by Gasteiger charge is -2.38. The molecular weight excluding hydrogens is 356 g/mol. The van der Waals surface area contributed by atoms with Gasteiger partial charge in [0, 0.05) is 24.7 Å². The zero-order chi connectivity index (χ0) is 19.9. The summed E-state index contributed by atoms with van der Waals surface area (Å²) in [7, 11) is 0. The quantitative estimate of drug-likeness (QED) is 0.714. The zero-order valence-corrected chi connectivity index (χ0v) is 16.7. The van der Waals surface area contributed by atoms with Crippen LogP contribution in [0.2, 0.25) is 0 Å². The zero-order valence-electron chi connectivity index (χ0n) is 16.7. The first-order valence-electron chi connectivity index (χ1n) is 9.99. The predicted molar refractivity (Wildman–Crippen MR) is 106 cm³/mol. The highest BCUT2D eigenvalue weighted by molar-refractivity contribution is 5.74. The molecule has 2 N–H and O–H groups in total. The van der Waals surface area contributed by atoms with Crippen molar-refractivity contribution >= 4 is 22.9 Å². The average Bonchev–Trinajstić information content (AvgIpc) is 3.26. The highest BCUT2D eigenvalue weighted by Gasteiger charge is 2.31. The van der Waals surface area contributed by atoms with Gasteiger partial charge in [0.1, 0.15) is 5.82 Å². The van der Waals surface area contributed by atoms with E-state index in [2.05, 4.69) is 24.6 Å². The summed E-state index contributed by atoms with van der Waals surface area (Å²) in [5, 5.41) is 18.2. The third-order valence-electron chi connectivity index (χ3n) is 5.93. The number of carbonyl (C=O) groups is 1. The molecule has 0 spiro atoms. The molecule has 1 aliphatic rings. The lowest BCUT2D eigenvalue weighted by molar-refractivity contribution is 0.0798. The molecule has 3 aromatic heterocycles. The first-order chi connectivity index (χ1) is 13.3. The minimum absolute atomic E-state index is 0.362. The van der Waals surface area contributed by atoms with Gasteiger partial charge in [0.2, 0.25) is 0 Å². The number of nitrogens with one attached hydrogen (secondary N) is 1. The fourth-order valence-electron chi connectivity index (χ4n) is 4.34. The molecule has 0 bridgehead atoms. The van der Waals surface area contributed by atoms with Gasteiger partial charge in [-0.3, -0.25) is 4.40 Å². The number of amides is 1. The Balaban J connectivity index is 1.42. The maximum Gasteiger partial charge on any atom is 0.407 e. The minimum atomic E-state index is -0.825. The minimum Gasteiger partial charge on any atom is -0.465 e. The van der Waals surface area contributed by atoms with Crippen molar-refractivity contribution in [2.45, 2.75) is 58.4 Å². The van der Waals surface area contributed by atoms with Crippen LogP contribution in [-0.2, 0) is 6.42 Å². The first-order valence-corrected chi connectivity index (χ1v) is 9.99. The average molecular weight is 384 g/mol. The molecule has 0 atom stereocenters. The van der Waals surface area contributed by atoms with Crippen molar-refractivity contribution in [3.8, 4) is 0 Å². The van der Waals surface area contributed by atoms with E-state index in [1.54, 1.807) is 11.1 Å². The molecule has 0 aliphatic heterocycles. The Hall–Kier alpha value is -2.64. The number of fused-ring (bicyclic) bond motifs is 3. The molecule has 1 saturated carbocycles. The van der Waals surface area contributed by atoms with E-state index in [1.165, 1.54) is 0 Å². The third kappa shape index (κ3) is 3.55. The number of hydrogen-bond donors (Lipinski definition) is 2. The van der Waals surface area contributed by atoms with Gasteiger partial charge in [-0.1, -0.05) is 0 Å². The van der Waals surface area contributed by atoms with E-state index in [-0.39, 0.29) is 5.54 Å². The van der Waals surface area contributed by atoms with Crippen LogP contribution in [0.4, 0.5) is 4.79 Å². The molecule has 3 heterocycles. The third-order valence-corrected chi connectivity index (χ3v) is 5.93. The summed E-state index contributed by atoms with van der Waals surface area (Å²) in [6.07, 6.45) is 8.00. The Morgan fingerprint density at radius 2 is 1.96 bits per heavy atom. The Bertz CT molecular complexity index is 978. The first kappa shape index (κ1) is 18.7. The number of nitrogens with zero attached hydrogens (tertiary/aromatic N) is 5. The van der Waals surface area contributed by atoms with Crippen LogP contribution < -0.4 is 0 Å². The number of hydrogen-bond acceptors (Lipinski definition) is 4. The number of carboxylic acid groups (broad SMARTS) is 1. The van der Waals surface area contributed by atoms with Crippen molar-refractivity contribution in [2.75, 3.05) is 6.54 Å². The van der Waals surface area contributed by atoms with E-state index in [9.17, 15) is 9.90 Å². The fraction of sp³-hybridized carbons (Fsp3) is 0.600. The summed E-state index contributed by atoms with van der Waals surface area (Å²) in [6, 6.07) is 2.01. The SMILES string of the molecule is CC(C)(C)N(CC1CCC(Cc2nnc3cnc4[nH]ccc4n23)CC1)C(=O)O. The van der Waals surface area contributed by atoms with E-state index in [1.807, 2.05) is 33.0 Å². The fourth-order valence-corrected chi connectivity index (χ4v) is 4.34. The van der Waals surface area contributed by atoms with E-state index in [4.69, 9.17) is 0 Å². The maximum atomic E-state index is 11.6. The van der Waals surface area contributed by atoms with Crippen molar-refractivity contribution in [1.82, 2.24) is 29.5 Å². The molecule has 0 aromatic carbocycles. The molecule has 28 heavy (non-hydrogen) atoms. The molecule has 3 aromatic rings. The van der Waals surface area contributed by atoms with Crippen LogP contribution >= 0.6 is 0 Å². The van der Waals surface area contributed by atoms with Crippen molar-refractivity contribution < 1.29 is 9.90 Å². The molecule has 0 saturated heterocycles. The predicted octanol–water partition coefficient (Wildman–Crippen LogP) is 3.73. The summed E-state index contributed by atoms with van der Waals surface area (Å²) < 4.78 is 2.09. The van der Waals surface area contributed by atoms with Crippen molar-refractivity contribution in [3.63, 3.8) is 0 Å². The van der Waals surface area contributed by atoms with Crippen LogP contribution in [0.3, 0.4) is 0 Å². The largest absolute Gasteiger partial charge is 0.465 e. The molecule has 1 aliphatic carbocycles. The molecule has 8 heteroatoms. The second-order valence-electron chi connectivity index (χ2n) is 8.93. The van der Waals surface area contributed by atoms with E-state index < -0.39 is 6.09 Å². The number of aromatic amines is 1. The van der Waals surface area contributed by atoms with Crippen LogP contribution in [0, 0.1) is 11.8 Å². The summed E-state index contributed by atoms with van der Waals surface area (Å²) in [5.74, 6) is 1.97. The highest BCUT2D eigenvalue weighted by Crippen LogP contribution is 2.33. The van der Waals surface area contributed by atoms with Crippen LogP contribution in [0.1, 0.15) is 52.3 Å². The van der Waals surface area contributed by atoms with E-state index in [0.717, 1.165) is 54.7 Å². The van der Waals surface area contributed by atoms with E-state index in [0.29, 0.717) is 18.4 Å². The Kier molecular flexibility index (Phi) is 4.72. The van der Waals surface area contributed by atoms with Crippen molar-refractivity contribution in [3.05, 3.63) is 24.3 Å². The lowest BCUT2D eigenvalue weighted by Crippen LogP contribution is -2.47. The van der Waals surface area contributed by atoms with Gasteiger partial charge >= 0.3 is 6.09 Å². The number of H-pyrrole nitrogens is 1. The van der Waals surface area contributed by atoms with Gasteiger partial charge < -0.3 is 15.0 Å². The summed E-state index contributed by atoms with van der Waals surface area (Å²) in [4.78, 5) is 20.7. The number of aromatic nitrogens is 5. The lowest BCUT2D eigenvalue weighted by atomic mass is 9.80. The molecular formula is C20H28N6O2. The summed E-state index contributed by atoms with van der Waals surface area (Å²) >= 11 is 0. The van der Waals surface area contributed by atoms with Gasteiger partial charge in [-0.15, -0.1) is 10.2 Å². The molecule has 8 nitrogen and oxygen atoms in total. The molecule has 150 valence electrons. The van der Waals surface area contributed by atoms with Crippen LogP contribution in [0.5, 0.6) is 0 Å². The highest BCUT2D eigenvalue weighted by atomic mass is 16.4. The van der Waals surface area contributed by atoms with Gasteiger partial charge in [0.05, 0.1) is 11.7 Å². The maximum absolute atomic E-state index is 11.6. The van der Waals surface area contributed by atoms with Gasteiger partial charge in [-0.25, -0.2) is 9.78 Å². The normalized spacial score (nSPS) is 20.7. The van der Waals surface area contributed by atoms with Crippen LogP contribution in [0.15, 0.2) is 18.5 Å². The molecule has 0 unspecified atom stereocenters. The molecule has 1 fully saturated rings. The number of rotatable bonds is 4. The Labute approximate surface area is 164 Å². The monoisotopic (exact) mass is 384 g/mol. The van der Waals surface area contributed by atoms with Gasteiger partial charge in [-0.05, 0) is 64.4 Å². The van der Waals surface area contributed by atoms with Gasteiger partial charge in [-0.2, -0.15) is 0 Å². The molecule has 1 amide bonds.